The van der Waals surface area contributed by atoms with E-state index in [1.165, 1.54) is 25.7 Å². The van der Waals surface area contributed by atoms with E-state index < -0.39 is 5.79 Å². The Bertz CT molecular complexity index is 1060. The first-order valence-electron chi connectivity index (χ1n) is 15.3. The van der Waals surface area contributed by atoms with Crippen LogP contribution in [0.15, 0.2) is 16.6 Å². The van der Waals surface area contributed by atoms with Crippen molar-refractivity contribution in [1.29, 1.82) is 0 Å². The van der Waals surface area contributed by atoms with E-state index in [1.807, 2.05) is 6.08 Å². The number of rotatable bonds is 1. The third-order valence-electron chi connectivity index (χ3n) is 13.8. The van der Waals surface area contributed by atoms with Crippen LogP contribution in [0.2, 0.25) is 0 Å². The third-order valence-corrected chi connectivity index (χ3v) is 13.8. The van der Waals surface area contributed by atoms with Crippen molar-refractivity contribution in [3.8, 4) is 0 Å². The summed E-state index contributed by atoms with van der Waals surface area (Å²) in [7, 11) is 0. The van der Waals surface area contributed by atoms with Gasteiger partial charge in [0.25, 0.3) is 0 Å². The van der Waals surface area contributed by atoms with E-state index in [4.69, 9.17) is 9.47 Å². The summed E-state index contributed by atoms with van der Waals surface area (Å²) in [5.74, 6) is 1.21. The molecule has 0 aromatic carbocycles. The lowest BCUT2D eigenvalue weighted by Crippen LogP contribution is -2.68. The monoisotopic (exact) mass is 509 g/mol. The van der Waals surface area contributed by atoms with Crippen LogP contribution < -0.4 is 0 Å². The van der Waals surface area contributed by atoms with Gasteiger partial charge >= 0.3 is 0 Å². The first-order valence-corrected chi connectivity index (χ1v) is 15.3. The molecule has 6 aliphatic rings. The molecule has 0 bridgehead atoms. The van der Waals surface area contributed by atoms with Crippen molar-refractivity contribution in [3.05, 3.63) is 11.6 Å². The Morgan fingerprint density at radius 3 is 2.32 bits per heavy atom. The number of nitrogens with zero attached hydrogens (tertiary/aromatic N) is 1. The van der Waals surface area contributed by atoms with Gasteiger partial charge in [0.15, 0.2) is 5.79 Å². The smallest absolute Gasteiger partial charge is 0.235 e. The largest absolute Gasteiger partial charge is 0.350 e. The number of ether oxygens (including phenoxy) is 2. The minimum Gasteiger partial charge on any atom is -0.350 e. The molecule has 0 amide bonds. The van der Waals surface area contributed by atoms with Gasteiger partial charge in [-0.1, -0.05) is 53.2 Å². The standard InChI is InChI=1S/C33H51NO3/c1-27(2)15-17-33(34-21-35)18-16-31(7)22(23(33)19-27)9-10-25-29(5)13-12-26-30(6,20-36-28(3,4)37-26)24(29)11-14-32(25,31)8/h9,23-26H,10-20H2,1-8H3/t23-,24+,25+,26-,29-,30-,31+,32+,33-/m0/s1. The molecule has 5 aliphatic carbocycles. The highest BCUT2D eigenvalue weighted by Gasteiger charge is 2.69. The van der Waals surface area contributed by atoms with Gasteiger partial charge in [0, 0.05) is 11.3 Å². The normalized spacial score (nSPS) is 53.7. The minimum absolute atomic E-state index is 0.0858. The number of fused-ring (bicyclic) bond motifs is 9. The van der Waals surface area contributed by atoms with Crippen LogP contribution >= 0.6 is 0 Å². The van der Waals surface area contributed by atoms with E-state index in [0.717, 1.165) is 45.1 Å². The van der Waals surface area contributed by atoms with Crippen molar-refractivity contribution < 1.29 is 14.3 Å². The van der Waals surface area contributed by atoms with Crippen molar-refractivity contribution in [2.24, 2.45) is 49.8 Å². The second kappa shape index (κ2) is 7.82. The molecule has 6 rings (SSSR count). The lowest BCUT2D eigenvalue weighted by Gasteiger charge is -2.72. The van der Waals surface area contributed by atoms with E-state index in [1.54, 1.807) is 5.57 Å². The average molecular weight is 510 g/mol. The predicted molar refractivity (Wildman–Crippen MR) is 147 cm³/mol. The van der Waals surface area contributed by atoms with Crippen molar-refractivity contribution in [2.75, 3.05) is 6.61 Å². The maximum atomic E-state index is 11.7. The molecular formula is C33H51NO3. The van der Waals surface area contributed by atoms with Gasteiger partial charge in [0.2, 0.25) is 6.08 Å². The zero-order valence-electron chi connectivity index (χ0n) is 24.8. The van der Waals surface area contributed by atoms with Gasteiger partial charge < -0.3 is 9.47 Å². The number of hydrogen-bond acceptors (Lipinski definition) is 4. The molecule has 4 saturated carbocycles. The molecule has 37 heavy (non-hydrogen) atoms. The number of carbonyl (C=O) groups excluding carboxylic acids is 1. The SMILES string of the molecule is CC1(C)CC[C@]2(N=C=O)CC[C@]3(C)C(=CC[C@@H]4[C@@]5(C)CC[C@@H]6OC(C)(C)OC[C@@]6(C)[C@@H]5CC[C@]43C)[C@@H]2C1. The molecule has 9 atom stereocenters. The number of aliphatic imine (C=N–C) groups is 1. The van der Waals surface area contributed by atoms with Gasteiger partial charge in [-0.15, -0.1) is 0 Å². The molecule has 5 fully saturated rings. The van der Waals surface area contributed by atoms with Crippen LogP contribution in [0.1, 0.15) is 120 Å². The van der Waals surface area contributed by atoms with Crippen LogP contribution in [-0.2, 0) is 14.3 Å². The third kappa shape index (κ3) is 3.40. The van der Waals surface area contributed by atoms with E-state index in [9.17, 15) is 4.79 Å². The van der Waals surface area contributed by atoms with Crippen molar-refractivity contribution in [3.63, 3.8) is 0 Å². The second-order valence-electron chi connectivity index (χ2n) is 16.4. The topological polar surface area (TPSA) is 47.9 Å². The van der Waals surface area contributed by atoms with Gasteiger partial charge in [-0.05, 0) is 112 Å². The first-order chi connectivity index (χ1) is 17.1. The Hall–Kier alpha value is -0.960. The summed E-state index contributed by atoms with van der Waals surface area (Å²) >= 11 is 0. The molecule has 1 heterocycles. The maximum Gasteiger partial charge on any atom is 0.235 e. The zero-order chi connectivity index (χ0) is 26.7. The summed E-state index contributed by atoms with van der Waals surface area (Å²) in [5, 5.41) is 0. The Kier molecular flexibility index (Phi) is 5.56. The Labute approximate surface area is 225 Å². The molecule has 0 unspecified atom stereocenters. The summed E-state index contributed by atoms with van der Waals surface area (Å²) in [4.78, 5) is 16.3. The molecule has 0 aromatic heterocycles. The summed E-state index contributed by atoms with van der Waals surface area (Å²) in [5.41, 5.74) is 2.54. The highest BCUT2D eigenvalue weighted by Crippen LogP contribution is 2.75. The van der Waals surface area contributed by atoms with Gasteiger partial charge in [0.05, 0.1) is 18.2 Å². The van der Waals surface area contributed by atoms with E-state index in [0.29, 0.717) is 34.7 Å². The maximum absolute atomic E-state index is 11.7. The van der Waals surface area contributed by atoms with Crippen LogP contribution in [0.25, 0.3) is 0 Å². The highest BCUT2D eigenvalue weighted by atomic mass is 16.7. The van der Waals surface area contributed by atoms with Gasteiger partial charge in [0.1, 0.15) is 0 Å². The van der Waals surface area contributed by atoms with E-state index in [2.05, 4.69) is 66.5 Å². The van der Waals surface area contributed by atoms with E-state index in [-0.39, 0.29) is 21.8 Å². The summed E-state index contributed by atoms with van der Waals surface area (Å²) in [6, 6.07) is 0. The Morgan fingerprint density at radius 2 is 1.59 bits per heavy atom. The molecular weight excluding hydrogens is 458 g/mol. The predicted octanol–water partition coefficient (Wildman–Crippen LogP) is 8.01. The molecule has 4 nitrogen and oxygen atoms in total. The van der Waals surface area contributed by atoms with Crippen LogP contribution in [0.3, 0.4) is 0 Å². The molecule has 1 aliphatic heterocycles. The van der Waals surface area contributed by atoms with Crippen LogP contribution in [-0.4, -0.2) is 30.1 Å². The highest BCUT2D eigenvalue weighted by molar-refractivity contribution is 5.40. The van der Waals surface area contributed by atoms with Crippen LogP contribution in [0.4, 0.5) is 0 Å². The zero-order valence-corrected chi connectivity index (χ0v) is 24.8. The summed E-state index contributed by atoms with van der Waals surface area (Å²) in [6.07, 6.45) is 16.6. The Morgan fingerprint density at radius 1 is 0.865 bits per heavy atom. The molecule has 0 radical (unpaired) electrons. The average Bonchev–Trinajstić information content (AvgIpc) is 2.81. The fourth-order valence-electron chi connectivity index (χ4n) is 11.4. The molecule has 4 heteroatoms. The molecule has 0 N–H and O–H groups in total. The quantitative estimate of drug-likeness (QED) is 0.204. The molecule has 206 valence electrons. The fraction of sp³-hybridized carbons (Fsp3) is 0.909. The number of allylic oxidation sites excluding steroid dienone is 1. The van der Waals surface area contributed by atoms with Gasteiger partial charge in [-0.25, -0.2) is 4.79 Å². The summed E-state index contributed by atoms with van der Waals surface area (Å²) in [6.45, 7) is 20.2. The van der Waals surface area contributed by atoms with Crippen LogP contribution in [0.5, 0.6) is 0 Å². The lowest BCUT2D eigenvalue weighted by atomic mass is 9.34. The van der Waals surface area contributed by atoms with Gasteiger partial charge in [-0.3, -0.25) is 0 Å². The van der Waals surface area contributed by atoms with Crippen molar-refractivity contribution >= 4 is 6.08 Å². The lowest BCUT2D eigenvalue weighted by molar-refractivity contribution is -0.351. The fourth-order valence-corrected chi connectivity index (χ4v) is 11.4. The minimum atomic E-state index is -0.469. The van der Waals surface area contributed by atoms with Crippen molar-refractivity contribution in [1.82, 2.24) is 0 Å². The van der Waals surface area contributed by atoms with Crippen molar-refractivity contribution in [2.45, 2.75) is 137 Å². The second-order valence-corrected chi connectivity index (χ2v) is 16.4. The first kappa shape index (κ1) is 26.3. The number of hydrogen-bond donors (Lipinski definition) is 0. The van der Waals surface area contributed by atoms with Crippen LogP contribution in [0, 0.1) is 44.8 Å². The summed E-state index contributed by atoms with van der Waals surface area (Å²) < 4.78 is 12.9. The van der Waals surface area contributed by atoms with Gasteiger partial charge in [-0.2, -0.15) is 4.99 Å². The Balaban J connectivity index is 1.39. The molecule has 1 saturated heterocycles. The van der Waals surface area contributed by atoms with E-state index >= 15 is 0 Å². The molecule has 0 aromatic rings. The molecule has 0 spiro atoms. The number of isocyanates is 1.